The quantitative estimate of drug-likeness (QED) is 0.382. The number of aromatic hydroxyl groups is 1. The number of phenolic OH excluding ortho intramolecular Hbond substituents is 1. The number of hydrogen-bond acceptors (Lipinski definition) is 6. The van der Waals surface area contributed by atoms with Gasteiger partial charge in [-0.2, -0.15) is 5.26 Å². The van der Waals surface area contributed by atoms with E-state index in [1.807, 2.05) is 17.5 Å². The first-order valence-electron chi connectivity index (χ1n) is 7.29. The molecule has 6 nitrogen and oxygen atoms in total. The van der Waals surface area contributed by atoms with E-state index in [1.54, 1.807) is 12.1 Å². The first-order valence-corrected chi connectivity index (χ1v) is 8.55. The summed E-state index contributed by atoms with van der Waals surface area (Å²) in [7, 11) is 0. The van der Waals surface area contributed by atoms with Gasteiger partial charge >= 0.3 is 5.69 Å². The van der Waals surface area contributed by atoms with Crippen LogP contribution < -0.4 is 0 Å². The number of hydrogen-bond donors (Lipinski definition) is 1. The fourth-order valence-corrected chi connectivity index (χ4v) is 3.16. The molecule has 0 fully saturated rings. The lowest BCUT2D eigenvalue weighted by atomic mass is 10.1. The van der Waals surface area contributed by atoms with Crippen LogP contribution in [0.25, 0.3) is 22.9 Å². The minimum atomic E-state index is -0.680. The number of nitro benzene ring substituents is 1. The minimum Gasteiger partial charge on any atom is -0.502 e. The van der Waals surface area contributed by atoms with Crippen LogP contribution in [0.3, 0.4) is 0 Å². The van der Waals surface area contributed by atoms with Gasteiger partial charge in [0.1, 0.15) is 11.1 Å². The number of thiazole rings is 1. The molecule has 1 heterocycles. The summed E-state index contributed by atoms with van der Waals surface area (Å²) >= 11 is 7.17. The molecule has 0 bridgehead atoms. The summed E-state index contributed by atoms with van der Waals surface area (Å²) in [5.74, 6) is -0.426. The average molecular weight is 384 g/mol. The smallest absolute Gasteiger partial charge is 0.311 e. The third-order valence-corrected chi connectivity index (χ3v) is 4.63. The molecule has 0 amide bonds. The molecule has 1 aromatic heterocycles. The Hall–Kier alpha value is -3.21. The average Bonchev–Trinajstić information content (AvgIpc) is 3.11. The molecule has 0 saturated carbocycles. The van der Waals surface area contributed by atoms with Crippen molar-refractivity contribution < 1.29 is 10.0 Å². The second-order valence-electron chi connectivity index (χ2n) is 5.22. The first-order chi connectivity index (χ1) is 12.5. The van der Waals surface area contributed by atoms with E-state index in [-0.39, 0.29) is 5.57 Å². The van der Waals surface area contributed by atoms with Crippen molar-refractivity contribution in [1.29, 1.82) is 5.26 Å². The van der Waals surface area contributed by atoms with Gasteiger partial charge in [-0.1, -0.05) is 29.8 Å². The molecule has 2 aromatic carbocycles. The van der Waals surface area contributed by atoms with E-state index < -0.39 is 16.4 Å². The van der Waals surface area contributed by atoms with Crippen molar-refractivity contribution in [2.45, 2.75) is 0 Å². The predicted octanol–water partition coefficient (Wildman–Crippen LogP) is 5.14. The molecule has 3 aromatic rings. The third kappa shape index (κ3) is 3.72. The molecule has 0 radical (unpaired) electrons. The topological polar surface area (TPSA) is 100 Å². The van der Waals surface area contributed by atoms with Gasteiger partial charge in [0.15, 0.2) is 5.75 Å². The van der Waals surface area contributed by atoms with Crippen LogP contribution in [-0.2, 0) is 0 Å². The number of nitrogens with zero attached hydrogens (tertiary/aromatic N) is 3. The van der Waals surface area contributed by atoms with Crippen LogP contribution in [0, 0.1) is 21.4 Å². The second-order valence-corrected chi connectivity index (χ2v) is 6.51. The Morgan fingerprint density at radius 2 is 2.04 bits per heavy atom. The lowest BCUT2D eigenvalue weighted by molar-refractivity contribution is -0.385. The molecule has 8 heteroatoms. The molecule has 0 aliphatic rings. The summed E-state index contributed by atoms with van der Waals surface area (Å²) in [6, 6.07) is 13.2. The molecule has 0 saturated heterocycles. The monoisotopic (exact) mass is 383 g/mol. The fourth-order valence-electron chi connectivity index (χ4n) is 2.24. The Balaban J connectivity index is 1.96. The van der Waals surface area contributed by atoms with Crippen molar-refractivity contribution in [3.05, 3.63) is 73.6 Å². The molecule has 0 unspecified atom stereocenters. The van der Waals surface area contributed by atoms with Crippen LogP contribution in [0.5, 0.6) is 5.75 Å². The van der Waals surface area contributed by atoms with Gasteiger partial charge < -0.3 is 5.11 Å². The van der Waals surface area contributed by atoms with Crippen LogP contribution in [0.2, 0.25) is 5.02 Å². The van der Waals surface area contributed by atoms with Crippen LogP contribution in [0.4, 0.5) is 5.69 Å². The maximum atomic E-state index is 10.9. The van der Waals surface area contributed by atoms with Crippen LogP contribution in [-0.4, -0.2) is 15.0 Å². The van der Waals surface area contributed by atoms with Crippen molar-refractivity contribution in [2.24, 2.45) is 0 Å². The first kappa shape index (κ1) is 17.6. The van der Waals surface area contributed by atoms with E-state index in [9.17, 15) is 20.5 Å². The Morgan fingerprint density at radius 1 is 1.31 bits per heavy atom. The highest BCUT2D eigenvalue weighted by Crippen LogP contribution is 2.30. The van der Waals surface area contributed by atoms with E-state index in [2.05, 4.69) is 11.1 Å². The van der Waals surface area contributed by atoms with Crippen molar-refractivity contribution in [3.8, 4) is 23.1 Å². The zero-order chi connectivity index (χ0) is 18.7. The number of benzene rings is 2. The van der Waals surface area contributed by atoms with Gasteiger partial charge in [0.25, 0.3) is 0 Å². The molecule has 26 heavy (non-hydrogen) atoms. The van der Waals surface area contributed by atoms with E-state index >= 15 is 0 Å². The number of allylic oxidation sites excluding steroid dienone is 1. The Morgan fingerprint density at radius 3 is 2.69 bits per heavy atom. The maximum Gasteiger partial charge on any atom is 0.311 e. The minimum absolute atomic E-state index is 0.273. The molecule has 0 atom stereocenters. The molecule has 1 N–H and O–H groups in total. The van der Waals surface area contributed by atoms with Gasteiger partial charge in [0, 0.05) is 22.0 Å². The van der Waals surface area contributed by atoms with Gasteiger partial charge in [0.2, 0.25) is 0 Å². The second kappa shape index (κ2) is 7.35. The fraction of sp³-hybridized carbons (Fsp3) is 0. The highest BCUT2D eigenvalue weighted by atomic mass is 35.5. The standard InChI is InChI=1S/C18H10ClN3O3S/c19-14-4-2-12(3-5-14)15-10-26-18(21-15)13(9-20)7-11-1-6-17(23)16(8-11)22(24)25/h1-8,10,23H/b13-7-. The van der Waals surface area contributed by atoms with Gasteiger partial charge in [-0.15, -0.1) is 11.3 Å². The number of rotatable bonds is 4. The summed E-state index contributed by atoms with van der Waals surface area (Å²) in [4.78, 5) is 14.7. The molecule has 128 valence electrons. The summed E-state index contributed by atoms with van der Waals surface area (Å²) in [5, 5.41) is 32.8. The number of phenols is 1. The van der Waals surface area contributed by atoms with Gasteiger partial charge in [-0.25, -0.2) is 4.98 Å². The van der Waals surface area contributed by atoms with Gasteiger partial charge in [-0.3, -0.25) is 10.1 Å². The normalized spacial score (nSPS) is 11.2. The van der Waals surface area contributed by atoms with Crippen LogP contribution in [0.15, 0.2) is 47.8 Å². The number of nitro groups is 1. The Labute approximate surface area is 157 Å². The summed E-state index contributed by atoms with van der Waals surface area (Å²) in [6.07, 6.45) is 1.50. The highest BCUT2D eigenvalue weighted by molar-refractivity contribution is 7.11. The van der Waals surface area contributed by atoms with Crippen molar-refractivity contribution in [3.63, 3.8) is 0 Å². The summed E-state index contributed by atoms with van der Waals surface area (Å²) in [5.41, 5.74) is 1.86. The molecule has 0 aliphatic carbocycles. The van der Waals surface area contributed by atoms with Crippen LogP contribution >= 0.6 is 22.9 Å². The zero-order valence-electron chi connectivity index (χ0n) is 13.1. The highest BCUT2D eigenvalue weighted by Gasteiger charge is 2.14. The van der Waals surface area contributed by atoms with Crippen molar-refractivity contribution >= 4 is 40.3 Å². The van der Waals surface area contributed by atoms with E-state index in [1.165, 1.54) is 35.6 Å². The van der Waals surface area contributed by atoms with Crippen molar-refractivity contribution in [2.75, 3.05) is 0 Å². The lowest BCUT2D eigenvalue weighted by Gasteiger charge is -1.99. The number of aromatic nitrogens is 1. The summed E-state index contributed by atoms with van der Waals surface area (Å²) in [6.45, 7) is 0. The van der Waals surface area contributed by atoms with E-state index in [0.29, 0.717) is 21.3 Å². The molecule has 3 rings (SSSR count). The molecule has 0 spiro atoms. The van der Waals surface area contributed by atoms with Crippen molar-refractivity contribution in [1.82, 2.24) is 4.98 Å². The van der Waals surface area contributed by atoms with E-state index in [4.69, 9.17) is 11.6 Å². The predicted molar refractivity (Wildman–Crippen MR) is 101 cm³/mol. The lowest BCUT2D eigenvalue weighted by Crippen LogP contribution is -1.89. The molecular formula is C18H10ClN3O3S. The Bertz CT molecular complexity index is 1050. The Kier molecular flexibility index (Phi) is 4.98. The SMILES string of the molecule is N#C/C(=C/c1ccc(O)c([N+](=O)[O-])c1)c1nc(-c2ccc(Cl)cc2)cs1. The van der Waals surface area contributed by atoms with Crippen LogP contribution in [0.1, 0.15) is 10.6 Å². The van der Waals surface area contributed by atoms with Gasteiger partial charge in [-0.05, 0) is 29.8 Å². The largest absolute Gasteiger partial charge is 0.502 e. The molecular weight excluding hydrogens is 374 g/mol. The third-order valence-electron chi connectivity index (χ3n) is 3.50. The maximum absolute atomic E-state index is 10.9. The number of nitriles is 1. The summed E-state index contributed by atoms with van der Waals surface area (Å²) < 4.78 is 0. The molecule has 0 aliphatic heterocycles. The number of halogens is 1. The zero-order valence-corrected chi connectivity index (χ0v) is 14.7. The van der Waals surface area contributed by atoms with E-state index in [0.717, 1.165) is 5.56 Å². The van der Waals surface area contributed by atoms with Gasteiger partial charge in [0.05, 0.1) is 16.2 Å².